The number of fused-ring (bicyclic) bond motifs is 2. The van der Waals surface area contributed by atoms with Gasteiger partial charge < -0.3 is 15.5 Å². The van der Waals surface area contributed by atoms with Gasteiger partial charge in [-0.2, -0.15) is 0 Å². The Bertz CT molecular complexity index is 1300. The molecule has 2 aliphatic heterocycles. The molecule has 0 saturated heterocycles. The molecule has 170 valence electrons. The predicted octanol–water partition coefficient (Wildman–Crippen LogP) is 4.02. The van der Waals surface area contributed by atoms with Crippen LogP contribution in [0, 0.1) is 5.92 Å². The Morgan fingerprint density at radius 2 is 1.85 bits per heavy atom. The van der Waals surface area contributed by atoms with Crippen molar-refractivity contribution in [3.63, 3.8) is 0 Å². The summed E-state index contributed by atoms with van der Waals surface area (Å²) in [7, 11) is 1.72. The van der Waals surface area contributed by atoms with Gasteiger partial charge in [0, 0.05) is 29.1 Å². The number of hydrogen-bond acceptors (Lipinski definition) is 4. The van der Waals surface area contributed by atoms with Gasteiger partial charge in [-0.25, -0.2) is 4.99 Å². The smallest absolute Gasteiger partial charge is 0.272 e. The first kappa shape index (κ1) is 22.3. The van der Waals surface area contributed by atoms with Crippen LogP contribution in [-0.4, -0.2) is 41.8 Å². The van der Waals surface area contributed by atoms with Gasteiger partial charge in [0.1, 0.15) is 5.84 Å². The Labute approximate surface area is 208 Å². The number of amidine groups is 1. The van der Waals surface area contributed by atoms with E-state index in [-0.39, 0.29) is 23.0 Å². The average Bonchev–Trinajstić information content (AvgIpc) is 2.95. The Kier molecular flexibility index (Phi) is 6.13. The van der Waals surface area contributed by atoms with Gasteiger partial charge >= 0.3 is 0 Å². The molecule has 1 amide bonds. The third kappa shape index (κ3) is 4.44. The van der Waals surface area contributed by atoms with Crippen molar-refractivity contribution in [1.82, 2.24) is 10.6 Å². The molecule has 2 aromatic carbocycles. The molecule has 3 aliphatic rings. The molecule has 0 aromatic heterocycles. The summed E-state index contributed by atoms with van der Waals surface area (Å²) in [5.41, 5.74) is 3.04. The molecule has 3 unspecified atom stereocenters. The summed E-state index contributed by atoms with van der Waals surface area (Å²) in [4.78, 5) is 24.4. The second kappa shape index (κ2) is 9.37. The van der Waals surface area contributed by atoms with E-state index in [0.29, 0.717) is 16.6 Å². The highest BCUT2D eigenvalue weighted by Gasteiger charge is 2.31. The Hall–Kier alpha value is -3.55. The maximum atomic E-state index is 13.4. The van der Waals surface area contributed by atoms with Gasteiger partial charge in [-0.05, 0) is 36.5 Å². The van der Waals surface area contributed by atoms with Crippen LogP contribution in [0.5, 0.6) is 0 Å². The van der Waals surface area contributed by atoms with E-state index in [4.69, 9.17) is 33.8 Å². The van der Waals surface area contributed by atoms with Crippen molar-refractivity contribution in [2.45, 2.75) is 12.2 Å². The number of allylic oxidation sites excluding steroid dienone is 2. The molecule has 2 heterocycles. The lowest BCUT2D eigenvalue weighted by molar-refractivity contribution is -0.119. The van der Waals surface area contributed by atoms with Crippen molar-refractivity contribution in [2.24, 2.45) is 15.9 Å². The van der Waals surface area contributed by atoms with E-state index in [2.05, 4.69) is 28.9 Å². The van der Waals surface area contributed by atoms with Gasteiger partial charge in [-0.3, -0.25) is 9.79 Å². The van der Waals surface area contributed by atoms with E-state index >= 15 is 0 Å². The van der Waals surface area contributed by atoms with Crippen LogP contribution >= 0.6 is 23.8 Å². The van der Waals surface area contributed by atoms with Gasteiger partial charge in [0.15, 0.2) is 5.11 Å². The summed E-state index contributed by atoms with van der Waals surface area (Å²) < 4.78 is 0. The number of anilines is 1. The van der Waals surface area contributed by atoms with Crippen molar-refractivity contribution in [3.05, 3.63) is 101 Å². The first-order chi connectivity index (χ1) is 16.5. The lowest BCUT2D eigenvalue weighted by Gasteiger charge is -2.24. The van der Waals surface area contributed by atoms with Gasteiger partial charge in [0.2, 0.25) is 6.17 Å². The third-order valence-electron chi connectivity index (χ3n) is 5.87. The molecule has 8 heteroatoms. The summed E-state index contributed by atoms with van der Waals surface area (Å²) in [6.45, 7) is 0. The first-order valence-electron chi connectivity index (χ1n) is 10.9. The summed E-state index contributed by atoms with van der Waals surface area (Å²) in [6.07, 6.45) is 11.2. The van der Waals surface area contributed by atoms with Crippen molar-refractivity contribution in [2.75, 3.05) is 11.9 Å². The van der Waals surface area contributed by atoms with Crippen LogP contribution in [0.2, 0.25) is 5.02 Å². The second-order valence-corrected chi connectivity index (χ2v) is 8.96. The Morgan fingerprint density at radius 3 is 2.68 bits per heavy atom. The normalized spacial score (nSPS) is 22.8. The number of rotatable bonds is 2. The lowest BCUT2D eigenvalue weighted by Crippen LogP contribution is -2.50. The number of thiocarbonyl (C=S) groups is 1. The molecular weight excluding hydrogens is 466 g/mol. The standard InChI is InChI=1S/C26H22ClN5OS/c1-32-21-13-12-18(27)15-19(21)23(17-8-3-2-4-9-17)30-24(25(32)33)31-26(34)29-22-14-11-16-7-5-6-10-20(16)28-22/h2-16,20,24H,1H3,(H2,28,29,31,34). The zero-order valence-electron chi connectivity index (χ0n) is 18.4. The van der Waals surface area contributed by atoms with Gasteiger partial charge in [-0.1, -0.05) is 72.3 Å². The van der Waals surface area contributed by atoms with Crippen LogP contribution in [0.15, 0.2) is 95.0 Å². The van der Waals surface area contributed by atoms with E-state index < -0.39 is 6.17 Å². The molecule has 0 spiro atoms. The number of nitrogens with zero attached hydrogens (tertiary/aromatic N) is 3. The van der Waals surface area contributed by atoms with Gasteiger partial charge in [-0.15, -0.1) is 0 Å². The molecule has 5 rings (SSSR count). The predicted molar refractivity (Wildman–Crippen MR) is 142 cm³/mol. The number of benzodiazepines with no additional fused rings is 1. The van der Waals surface area contributed by atoms with E-state index in [1.807, 2.05) is 60.7 Å². The van der Waals surface area contributed by atoms with Crippen molar-refractivity contribution in [3.8, 4) is 0 Å². The number of carbonyl (C=O) groups excluding carboxylic acids is 1. The maximum Gasteiger partial charge on any atom is 0.272 e. The molecule has 0 radical (unpaired) electrons. The van der Waals surface area contributed by atoms with Crippen molar-refractivity contribution >= 4 is 52.1 Å². The van der Waals surface area contributed by atoms with E-state index in [9.17, 15) is 4.79 Å². The number of aliphatic imine (C=N–C) groups is 2. The van der Waals surface area contributed by atoms with Crippen LogP contribution in [0.4, 0.5) is 5.69 Å². The average molecular weight is 488 g/mol. The molecular formula is C26H22ClN5OS. The second-order valence-electron chi connectivity index (χ2n) is 8.11. The molecule has 1 aliphatic carbocycles. The molecule has 0 bridgehead atoms. The Morgan fingerprint density at radius 1 is 1.06 bits per heavy atom. The van der Waals surface area contributed by atoms with Crippen LogP contribution in [0.25, 0.3) is 0 Å². The zero-order chi connectivity index (χ0) is 23.7. The number of benzene rings is 2. The number of likely N-dealkylation sites (N-methyl/N-ethyl adjacent to an activating group) is 1. The number of amides is 1. The molecule has 0 fully saturated rings. The first-order valence-corrected chi connectivity index (χ1v) is 11.7. The zero-order valence-corrected chi connectivity index (χ0v) is 19.9. The van der Waals surface area contributed by atoms with Gasteiger partial charge in [0.05, 0.1) is 17.4 Å². The summed E-state index contributed by atoms with van der Waals surface area (Å²) in [5.74, 6) is 0.646. The van der Waals surface area contributed by atoms with Crippen LogP contribution < -0.4 is 15.5 Å². The lowest BCUT2D eigenvalue weighted by atomic mass is 9.93. The highest BCUT2D eigenvalue weighted by atomic mass is 35.5. The number of hydrogen-bond donors (Lipinski definition) is 2. The molecule has 34 heavy (non-hydrogen) atoms. The largest absolute Gasteiger partial charge is 0.333 e. The minimum absolute atomic E-state index is 0.0351. The number of halogens is 1. The van der Waals surface area contributed by atoms with Crippen LogP contribution in [-0.2, 0) is 4.79 Å². The van der Waals surface area contributed by atoms with E-state index in [0.717, 1.165) is 16.8 Å². The monoisotopic (exact) mass is 487 g/mol. The van der Waals surface area contributed by atoms with Crippen molar-refractivity contribution in [1.29, 1.82) is 0 Å². The summed E-state index contributed by atoms with van der Waals surface area (Å²) >= 11 is 11.8. The van der Waals surface area contributed by atoms with Crippen LogP contribution in [0.3, 0.4) is 0 Å². The fraction of sp³-hybridized carbons (Fsp3) is 0.154. The van der Waals surface area contributed by atoms with E-state index in [1.165, 1.54) is 0 Å². The molecule has 2 aromatic rings. The van der Waals surface area contributed by atoms with Gasteiger partial charge in [0.25, 0.3) is 5.91 Å². The van der Waals surface area contributed by atoms with Crippen molar-refractivity contribution < 1.29 is 4.79 Å². The minimum Gasteiger partial charge on any atom is -0.333 e. The van der Waals surface area contributed by atoms with Crippen LogP contribution in [0.1, 0.15) is 11.1 Å². The number of nitrogens with one attached hydrogen (secondary N) is 2. The maximum absolute atomic E-state index is 13.4. The topological polar surface area (TPSA) is 69.1 Å². The highest BCUT2D eigenvalue weighted by Crippen LogP contribution is 2.30. The minimum atomic E-state index is -0.926. The molecule has 0 saturated carbocycles. The highest BCUT2D eigenvalue weighted by molar-refractivity contribution is 7.80. The summed E-state index contributed by atoms with van der Waals surface area (Å²) in [6, 6.07) is 15.2. The fourth-order valence-electron chi connectivity index (χ4n) is 4.14. The van der Waals surface area contributed by atoms with E-state index in [1.54, 1.807) is 18.0 Å². The quantitative estimate of drug-likeness (QED) is 0.628. The molecule has 6 nitrogen and oxygen atoms in total. The Balaban J connectivity index is 1.43. The molecule has 3 atom stereocenters. The molecule has 2 N–H and O–H groups in total. The number of carbonyl (C=O) groups is 1. The summed E-state index contributed by atoms with van der Waals surface area (Å²) in [5, 5.41) is 7.01. The fourth-order valence-corrected chi connectivity index (χ4v) is 4.53. The SMILES string of the molecule is CN1C(=O)C(NC(=S)NC2=NC3C=CC=CC3C=C2)N=C(c2ccccc2)c2cc(Cl)ccc21. The third-order valence-corrected chi connectivity index (χ3v) is 6.32. The number of dihydropyridines is 1.